The van der Waals surface area contributed by atoms with Crippen molar-refractivity contribution in [1.82, 2.24) is 9.55 Å². The minimum Gasteiger partial charge on any atom is -0.335 e. The molecular weight excluding hydrogens is 162 g/mol. The van der Waals surface area contributed by atoms with E-state index in [1.807, 2.05) is 29.9 Å². The van der Waals surface area contributed by atoms with Crippen LogP contribution in [0, 0.1) is 11.3 Å². The highest BCUT2D eigenvalue weighted by molar-refractivity contribution is 5.80. The first kappa shape index (κ1) is 7.81. The van der Waals surface area contributed by atoms with Gasteiger partial charge in [0.05, 0.1) is 12.5 Å². The van der Waals surface area contributed by atoms with Crippen LogP contribution in [0.15, 0.2) is 24.5 Å². The maximum absolute atomic E-state index is 8.61. The Morgan fingerprint density at radius 1 is 1.62 bits per heavy atom. The van der Waals surface area contributed by atoms with E-state index in [-0.39, 0.29) is 0 Å². The van der Waals surface area contributed by atoms with Crippen molar-refractivity contribution in [3.05, 3.63) is 30.1 Å². The number of aromatic nitrogens is 2. The molecule has 0 unspecified atom stereocenters. The number of fused-ring (bicyclic) bond motifs is 1. The third-order valence-corrected chi connectivity index (χ3v) is 2.09. The molecule has 3 nitrogen and oxygen atoms in total. The van der Waals surface area contributed by atoms with Crippen LogP contribution in [0.4, 0.5) is 0 Å². The number of hydrogen-bond acceptors (Lipinski definition) is 2. The fraction of sp³-hybridized carbons (Fsp3) is 0.200. The number of nitrogens with zero attached hydrogens (tertiary/aromatic N) is 3. The Bertz CT molecular complexity index is 476. The summed E-state index contributed by atoms with van der Waals surface area (Å²) in [5, 5.41) is 9.68. The molecular formula is C10H9N3. The summed E-state index contributed by atoms with van der Waals surface area (Å²) in [4.78, 5) is 4.24. The van der Waals surface area contributed by atoms with E-state index in [0.717, 1.165) is 16.6 Å². The Kier molecular flexibility index (Phi) is 1.75. The number of nitriles is 1. The molecule has 0 spiro atoms. The van der Waals surface area contributed by atoms with Gasteiger partial charge in [0.25, 0.3) is 0 Å². The van der Waals surface area contributed by atoms with E-state index >= 15 is 0 Å². The highest BCUT2D eigenvalue weighted by atomic mass is 15.0. The van der Waals surface area contributed by atoms with E-state index in [2.05, 4.69) is 11.1 Å². The van der Waals surface area contributed by atoms with Crippen LogP contribution in [0.5, 0.6) is 0 Å². The van der Waals surface area contributed by atoms with Crippen LogP contribution in [0.1, 0.15) is 5.56 Å². The summed E-state index contributed by atoms with van der Waals surface area (Å²) >= 11 is 0. The van der Waals surface area contributed by atoms with Gasteiger partial charge >= 0.3 is 0 Å². The lowest BCUT2D eigenvalue weighted by molar-refractivity contribution is 0.941. The predicted molar refractivity (Wildman–Crippen MR) is 50.0 cm³/mol. The molecule has 64 valence electrons. The van der Waals surface area contributed by atoms with Gasteiger partial charge in [0.15, 0.2) is 0 Å². The lowest BCUT2D eigenvalue weighted by atomic mass is 10.2. The van der Waals surface area contributed by atoms with Crippen molar-refractivity contribution in [3.8, 4) is 6.07 Å². The molecule has 0 radical (unpaired) electrons. The molecule has 2 rings (SSSR count). The van der Waals surface area contributed by atoms with Gasteiger partial charge in [-0.1, -0.05) is 0 Å². The molecule has 0 saturated heterocycles. The van der Waals surface area contributed by atoms with Crippen molar-refractivity contribution in [2.75, 3.05) is 0 Å². The molecule has 2 aromatic rings. The van der Waals surface area contributed by atoms with Gasteiger partial charge < -0.3 is 4.57 Å². The summed E-state index contributed by atoms with van der Waals surface area (Å²) in [5.74, 6) is 0. The second kappa shape index (κ2) is 2.91. The number of rotatable bonds is 1. The Hall–Kier alpha value is -1.82. The van der Waals surface area contributed by atoms with E-state index in [9.17, 15) is 0 Å². The smallest absolute Gasteiger partial charge is 0.139 e. The average molecular weight is 171 g/mol. The minimum absolute atomic E-state index is 0.447. The van der Waals surface area contributed by atoms with Crippen LogP contribution in [0.3, 0.4) is 0 Å². The Labute approximate surface area is 76.2 Å². The molecule has 0 aromatic carbocycles. The summed E-state index contributed by atoms with van der Waals surface area (Å²) in [7, 11) is 1.94. The first-order valence-corrected chi connectivity index (χ1v) is 4.09. The van der Waals surface area contributed by atoms with Crippen LogP contribution in [0.2, 0.25) is 0 Å². The molecule has 0 saturated carbocycles. The molecule has 0 atom stereocenters. The first-order chi connectivity index (χ1) is 6.33. The van der Waals surface area contributed by atoms with Crippen molar-refractivity contribution in [2.45, 2.75) is 6.42 Å². The Balaban J connectivity index is 2.72. The van der Waals surface area contributed by atoms with Crippen molar-refractivity contribution in [2.24, 2.45) is 7.05 Å². The second-order valence-corrected chi connectivity index (χ2v) is 2.97. The van der Waals surface area contributed by atoms with Gasteiger partial charge in [0.2, 0.25) is 0 Å². The number of hydrogen-bond donors (Lipinski definition) is 0. The number of pyridine rings is 1. The fourth-order valence-corrected chi connectivity index (χ4v) is 1.52. The van der Waals surface area contributed by atoms with Gasteiger partial charge in [-0.3, -0.25) is 0 Å². The maximum atomic E-state index is 8.61. The van der Waals surface area contributed by atoms with E-state index in [1.54, 1.807) is 6.20 Å². The Morgan fingerprint density at radius 3 is 3.23 bits per heavy atom. The maximum Gasteiger partial charge on any atom is 0.139 e. The van der Waals surface area contributed by atoms with E-state index in [0.29, 0.717) is 6.42 Å². The van der Waals surface area contributed by atoms with Crippen LogP contribution in [-0.2, 0) is 13.5 Å². The van der Waals surface area contributed by atoms with Crippen LogP contribution >= 0.6 is 0 Å². The monoisotopic (exact) mass is 171 g/mol. The summed E-state index contributed by atoms with van der Waals surface area (Å²) < 4.78 is 1.95. The van der Waals surface area contributed by atoms with Gasteiger partial charge in [-0.2, -0.15) is 5.26 Å². The lowest BCUT2D eigenvalue weighted by Crippen LogP contribution is -1.85. The SMILES string of the molecule is Cn1cc(CC#N)c2cccnc21. The van der Waals surface area contributed by atoms with Crippen molar-refractivity contribution in [1.29, 1.82) is 5.26 Å². The lowest BCUT2D eigenvalue weighted by Gasteiger charge is -1.91. The summed E-state index contributed by atoms with van der Waals surface area (Å²) in [5.41, 5.74) is 1.99. The number of aryl methyl sites for hydroxylation is 1. The highest BCUT2D eigenvalue weighted by Crippen LogP contribution is 2.17. The van der Waals surface area contributed by atoms with Crippen molar-refractivity contribution < 1.29 is 0 Å². The Morgan fingerprint density at radius 2 is 2.46 bits per heavy atom. The van der Waals surface area contributed by atoms with Crippen LogP contribution in [-0.4, -0.2) is 9.55 Å². The topological polar surface area (TPSA) is 41.6 Å². The zero-order valence-electron chi connectivity index (χ0n) is 7.36. The summed E-state index contributed by atoms with van der Waals surface area (Å²) in [6.07, 6.45) is 4.17. The molecule has 2 aromatic heterocycles. The molecule has 0 N–H and O–H groups in total. The normalized spacial score (nSPS) is 10.2. The molecule has 2 heterocycles. The fourth-order valence-electron chi connectivity index (χ4n) is 1.52. The first-order valence-electron chi connectivity index (χ1n) is 4.09. The summed E-state index contributed by atoms with van der Waals surface area (Å²) in [6.45, 7) is 0. The highest BCUT2D eigenvalue weighted by Gasteiger charge is 2.05. The molecule has 0 aliphatic carbocycles. The van der Waals surface area contributed by atoms with E-state index in [1.165, 1.54) is 0 Å². The third kappa shape index (κ3) is 1.17. The summed E-state index contributed by atoms with van der Waals surface area (Å²) in [6, 6.07) is 6.04. The third-order valence-electron chi connectivity index (χ3n) is 2.09. The minimum atomic E-state index is 0.447. The molecule has 0 amide bonds. The van der Waals surface area contributed by atoms with Crippen molar-refractivity contribution in [3.63, 3.8) is 0 Å². The largest absolute Gasteiger partial charge is 0.335 e. The second-order valence-electron chi connectivity index (χ2n) is 2.97. The van der Waals surface area contributed by atoms with Crippen LogP contribution < -0.4 is 0 Å². The molecule has 0 bridgehead atoms. The van der Waals surface area contributed by atoms with E-state index < -0.39 is 0 Å². The zero-order chi connectivity index (χ0) is 9.26. The zero-order valence-corrected chi connectivity index (χ0v) is 7.36. The van der Waals surface area contributed by atoms with Crippen molar-refractivity contribution >= 4 is 11.0 Å². The predicted octanol–water partition coefficient (Wildman–Crippen LogP) is 1.64. The molecule has 0 fully saturated rings. The van der Waals surface area contributed by atoms with Gasteiger partial charge in [0.1, 0.15) is 5.65 Å². The average Bonchev–Trinajstić information content (AvgIpc) is 2.46. The van der Waals surface area contributed by atoms with E-state index in [4.69, 9.17) is 5.26 Å². The van der Waals surface area contributed by atoms with Gasteiger partial charge in [-0.25, -0.2) is 4.98 Å². The molecule has 3 heteroatoms. The molecule has 13 heavy (non-hydrogen) atoms. The van der Waals surface area contributed by atoms with Gasteiger partial charge in [-0.05, 0) is 17.7 Å². The van der Waals surface area contributed by atoms with Gasteiger partial charge in [-0.15, -0.1) is 0 Å². The standard InChI is InChI=1S/C10H9N3/c1-13-7-8(4-5-11)9-3-2-6-12-10(9)13/h2-3,6-7H,4H2,1H3. The van der Waals surface area contributed by atoms with Crippen LogP contribution in [0.25, 0.3) is 11.0 Å². The molecule has 0 aliphatic heterocycles. The quantitative estimate of drug-likeness (QED) is 0.654. The van der Waals surface area contributed by atoms with Gasteiger partial charge in [0, 0.05) is 24.8 Å². The molecule has 0 aliphatic rings.